The van der Waals surface area contributed by atoms with Gasteiger partial charge in [-0.25, -0.2) is 4.39 Å². The number of β-amino-alcohol motifs (C(OH)–C–C–N with tert-alkyl or cyclic N) is 1. The Morgan fingerprint density at radius 1 is 1.39 bits per heavy atom. The molecule has 1 atom stereocenters. The third-order valence-electron chi connectivity index (χ3n) is 4.63. The number of nitrogens with zero attached hydrogens (tertiary/aromatic N) is 1. The highest BCUT2D eigenvalue weighted by Gasteiger charge is 2.36. The highest BCUT2D eigenvalue weighted by atomic mass is 35.5. The van der Waals surface area contributed by atoms with Crippen LogP contribution >= 0.6 is 11.6 Å². The van der Waals surface area contributed by atoms with Gasteiger partial charge in [0.15, 0.2) is 0 Å². The first-order valence-corrected chi connectivity index (χ1v) is 8.56. The lowest BCUT2D eigenvalue weighted by Gasteiger charge is -2.33. The van der Waals surface area contributed by atoms with Gasteiger partial charge in [0.25, 0.3) is 0 Å². The number of rotatable bonds is 4. The molecule has 2 aliphatic rings. The van der Waals surface area contributed by atoms with Crippen LogP contribution in [0.4, 0.5) is 4.39 Å². The summed E-state index contributed by atoms with van der Waals surface area (Å²) >= 11 is 5.75. The molecule has 3 rings (SSSR count). The van der Waals surface area contributed by atoms with Crippen LogP contribution in [0.15, 0.2) is 18.2 Å². The predicted molar refractivity (Wildman–Crippen MR) is 86.5 cm³/mol. The van der Waals surface area contributed by atoms with Crippen LogP contribution in [0.25, 0.3) is 0 Å². The average molecular weight is 344 g/mol. The van der Waals surface area contributed by atoms with Crippen molar-refractivity contribution >= 4 is 11.6 Å². The maximum atomic E-state index is 13.2. The van der Waals surface area contributed by atoms with Crippen LogP contribution in [0.2, 0.25) is 5.02 Å². The van der Waals surface area contributed by atoms with Crippen LogP contribution < -0.4 is 4.74 Å². The summed E-state index contributed by atoms with van der Waals surface area (Å²) in [4.78, 5) is 2.32. The van der Waals surface area contributed by atoms with Crippen molar-refractivity contribution in [1.29, 1.82) is 0 Å². The van der Waals surface area contributed by atoms with Gasteiger partial charge in [-0.1, -0.05) is 24.4 Å². The van der Waals surface area contributed by atoms with Crippen molar-refractivity contribution in [1.82, 2.24) is 4.90 Å². The maximum absolute atomic E-state index is 13.2. The summed E-state index contributed by atoms with van der Waals surface area (Å²) < 4.78 is 24.4. The molecule has 1 aliphatic heterocycles. The van der Waals surface area contributed by atoms with E-state index < -0.39 is 11.4 Å². The molecule has 0 unspecified atom stereocenters. The largest absolute Gasteiger partial charge is 0.490 e. The summed E-state index contributed by atoms with van der Waals surface area (Å²) in [7, 11) is 0. The molecule has 1 aromatic carbocycles. The van der Waals surface area contributed by atoms with Gasteiger partial charge in [-0.15, -0.1) is 0 Å². The minimum Gasteiger partial charge on any atom is -0.490 e. The van der Waals surface area contributed by atoms with E-state index in [1.165, 1.54) is 43.9 Å². The van der Waals surface area contributed by atoms with Crippen molar-refractivity contribution < 1.29 is 19.0 Å². The van der Waals surface area contributed by atoms with Gasteiger partial charge in [0.05, 0.1) is 18.2 Å². The quantitative estimate of drug-likeness (QED) is 0.912. The minimum absolute atomic E-state index is 0.0131. The Morgan fingerprint density at radius 2 is 2.17 bits per heavy atom. The summed E-state index contributed by atoms with van der Waals surface area (Å²) in [5.74, 6) is -0.0376. The van der Waals surface area contributed by atoms with E-state index in [1.54, 1.807) is 0 Å². The maximum Gasteiger partial charge on any atom is 0.142 e. The molecule has 1 aromatic rings. The molecule has 0 aromatic heterocycles. The lowest BCUT2D eigenvalue weighted by Crippen LogP contribution is -2.51. The van der Waals surface area contributed by atoms with E-state index in [9.17, 15) is 9.50 Å². The van der Waals surface area contributed by atoms with E-state index in [2.05, 4.69) is 4.90 Å². The van der Waals surface area contributed by atoms with E-state index in [-0.39, 0.29) is 18.2 Å². The molecule has 1 saturated heterocycles. The molecular formula is C17H23ClFNO3. The van der Waals surface area contributed by atoms with Crippen LogP contribution in [-0.4, -0.2) is 54.6 Å². The van der Waals surface area contributed by atoms with Crippen molar-refractivity contribution in [3.05, 3.63) is 29.0 Å². The summed E-state index contributed by atoms with van der Waals surface area (Å²) in [6.45, 7) is 2.34. The van der Waals surface area contributed by atoms with Gasteiger partial charge >= 0.3 is 0 Å². The summed E-state index contributed by atoms with van der Waals surface area (Å²) in [5, 5.41) is 10.9. The van der Waals surface area contributed by atoms with Crippen LogP contribution in [0.1, 0.15) is 25.7 Å². The Kier molecular flexibility index (Phi) is 5.42. The molecule has 1 aliphatic carbocycles. The standard InChI is InChI=1S/C17H23ClFNO3/c18-15-9-14(5-6-16(15)19)23-12-17(21)10-20(7-8-22-11-17)13-3-1-2-4-13/h5-6,9,13,21H,1-4,7-8,10-12H2/t17-/m1/s1. The Morgan fingerprint density at radius 3 is 2.91 bits per heavy atom. The Hall–Kier alpha value is -0.880. The van der Waals surface area contributed by atoms with Gasteiger partial charge in [-0.3, -0.25) is 4.90 Å². The first kappa shape index (κ1) is 17.0. The number of aliphatic hydroxyl groups is 1. The first-order chi connectivity index (χ1) is 11.1. The van der Waals surface area contributed by atoms with Crippen LogP contribution in [0, 0.1) is 5.82 Å². The van der Waals surface area contributed by atoms with Crippen molar-refractivity contribution in [2.24, 2.45) is 0 Å². The average Bonchev–Trinajstić information content (AvgIpc) is 2.99. The van der Waals surface area contributed by atoms with Gasteiger partial charge in [-0.05, 0) is 25.0 Å². The summed E-state index contributed by atoms with van der Waals surface area (Å²) in [6, 6.07) is 4.73. The molecule has 2 fully saturated rings. The normalized spacial score (nSPS) is 27.1. The smallest absolute Gasteiger partial charge is 0.142 e. The molecule has 6 heteroatoms. The minimum atomic E-state index is -1.07. The van der Waals surface area contributed by atoms with Crippen LogP contribution in [0.3, 0.4) is 0 Å². The fourth-order valence-electron chi connectivity index (χ4n) is 3.40. The summed E-state index contributed by atoms with van der Waals surface area (Å²) in [6.07, 6.45) is 4.88. The third-order valence-corrected chi connectivity index (χ3v) is 4.92. The molecular weight excluding hydrogens is 321 g/mol. The fraction of sp³-hybridized carbons (Fsp3) is 0.647. The lowest BCUT2D eigenvalue weighted by molar-refractivity contribution is -0.0669. The monoisotopic (exact) mass is 343 g/mol. The molecule has 1 N–H and O–H groups in total. The number of halogens is 2. The molecule has 0 amide bonds. The molecule has 0 radical (unpaired) electrons. The molecule has 1 saturated carbocycles. The number of hydrogen-bond donors (Lipinski definition) is 1. The third kappa shape index (κ3) is 4.35. The molecule has 4 nitrogen and oxygen atoms in total. The molecule has 0 bridgehead atoms. The van der Waals surface area contributed by atoms with Gasteiger partial charge in [0, 0.05) is 25.2 Å². The highest BCUT2D eigenvalue weighted by Crippen LogP contribution is 2.27. The Labute approximate surface area is 141 Å². The van der Waals surface area contributed by atoms with Crippen LogP contribution in [0.5, 0.6) is 5.75 Å². The second kappa shape index (κ2) is 7.34. The predicted octanol–water partition coefficient (Wildman–Crippen LogP) is 2.86. The van der Waals surface area contributed by atoms with Crippen LogP contribution in [-0.2, 0) is 4.74 Å². The topological polar surface area (TPSA) is 41.9 Å². The van der Waals surface area contributed by atoms with Crippen molar-refractivity contribution in [3.8, 4) is 5.75 Å². The van der Waals surface area contributed by atoms with E-state index >= 15 is 0 Å². The number of hydrogen-bond acceptors (Lipinski definition) is 4. The van der Waals surface area contributed by atoms with Crippen molar-refractivity contribution in [2.75, 3.05) is 32.9 Å². The Bertz CT molecular complexity index is 539. The first-order valence-electron chi connectivity index (χ1n) is 8.18. The van der Waals surface area contributed by atoms with Gasteiger partial charge < -0.3 is 14.6 Å². The van der Waals surface area contributed by atoms with Crippen molar-refractivity contribution in [3.63, 3.8) is 0 Å². The van der Waals surface area contributed by atoms with Gasteiger partial charge in [0.1, 0.15) is 23.8 Å². The highest BCUT2D eigenvalue weighted by molar-refractivity contribution is 6.30. The molecule has 23 heavy (non-hydrogen) atoms. The SMILES string of the molecule is O[C@@]1(COc2ccc(F)c(Cl)c2)COCCN(C2CCCC2)C1. The molecule has 1 heterocycles. The number of ether oxygens (including phenoxy) is 2. The second-order valence-electron chi connectivity index (χ2n) is 6.55. The zero-order valence-electron chi connectivity index (χ0n) is 13.1. The summed E-state index contributed by atoms with van der Waals surface area (Å²) in [5.41, 5.74) is -1.07. The van der Waals surface area contributed by atoms with Gasteiger partial charge in [-0.2, -0.15) is 0 Å². The fourth-order valence-corrected chi connectivity index (χ4v) is 3.57. The van der Waals surface area contributed by atoms with E-state index in [0.717, 1.165) is 6.54 Å². The lowest BCUT2D eigenvalue weighted by atomic mass is 10.0. The molecule has 128 valence electrons. The zero-order chi connectivity index (χ0) is 16.3. The van der Waals surface area contributed by atoms with Gasteiger partial charge in [0.2, 0.25) is 0 Å². The number of benzene rings is 1. The molecule has 0 spiro atoms. The zero-order valence-corrected chi connectivity index (χ0v) is 13.9. The Balaban J connectivity index is 1.62. The van der Waals surface area contributed by atoms with E-state index in [4.69, 9.17) is 21.1 Å². The van der Waals surface area contributed by atoms with Crippen molar-refractivity contribution in [2.45, 2.75) is 37.3 Å². The second-order valence-corrected chi connectivity index (χ2v) is 6.96. The van der Waals surface area contributed by atoms with E-state index in [1.807, 2.05) is 0 Å². The van der Waals surface area contributed by atoms with E-state index in [0.29, 0.717) is 24.9 Å².